The number of rotatable bonds is 1. The SMILES string of the molecule is CC1CCCC(N2CCNC(C)(C)C2)C1. The first kappa shape index (κ1) is 11.4. The van der Waals surface area contributed by atoms with Crippen LogP contribution in [0.3, 0.4) is 0 Å². The predicted molar refractivity (Wildman–Crippen MR) is 65.1 cm³/mol. The van der Waals surface area contributed by atoms with Gasteiger partial charge in [0.05, 0.1) is 0 Å². The molecule has 1 saturated carbocycles. The van der Waals surface area contributed by atoms with Crippen LogP contribution < -0.4 is 5.32 Å². The van der Waals surface area contributed by atoms with Gasteiger partial charge in [0.1, 0.15) is 0 Å². The van der Waals surface area contributed by atoms with Crippen LogP contribution in [0.15, 0.2) is 0 Å². The van der Waals surface area contributed by atoms with Crippen molar-refractivity contribution in [3.05, 3.63) is 0 Å². The molecule has 0 bridgehead atoms. The summed E-state index contributed by atoms with van der Waals surface area (Å²) in [7, 11) is 0. The fraction of sp³-hybridized carbons (Fsp3) is 1.00. The maximum Gasteiger partial charge on any atom is 0.0252 e. The first-order valence-electron chi connectivity index (χ1n) is 6.56. The second-order valence-corrected chi connectivity index (χ2v) is 6.21. The molecule has 0 aromatic rings. The van der Waals surface area contributed by atoms with Crippen molar-refractivity contribution in [2.24, 2.45) is 5.92 Å². The van der Waals surface area contributed by atoms with Crippen LogP contribution in [-0.2, 0) is 0 Å². The lowest BCUT2D eigenvalue weighted by molar-refractivity contribution is 0.0760. The van der Waals surface area contributed by atoms with E-state index in [-0.39, 0.29) is 0 Å². The average molecular weight is 210 g/mol. The van der Waals surface area contributed by atoms with E-state index in [9.17, 15) is 0 Å². The molecule has 1 aliphatic heterocycles. The standard InChI is InChI=1S/C13H26N2/c1-11-5-4-6-12(9-11)15-8-7-14-13(2,3)10-15/h11-12,14H,4-10H2,1-3H3. The van der Waals surface area contributed by atoms with Crippen LogP contribution in [0, 0.1) is 5.92 Å². The second kappa shape index (κ2) is 4.42. The molecule has 0 amide bonds. The Bertz CT molecular complexity index is 213. The van der Waals surface area contributed by atoms with Gasteiger partial charge in [-0.1, -0.05) is 19.8 Å². The molecule has 2 fully saturated rings. The summed E-state index contributed by atoms with van der Waals surface area (Å²) >= 11 is 0. The van der Waals surface area contributed by atoms with Crippen molar-refractivity contribution >= 4 is 0 Å². The largest absolute Gasteiger partial charge is 0.309 e. The molecule has 0 spiro atoms. The van der Waals surface area contributed by atoms with E-state index in [1.807, 2.05) is 0 Å². The topological polar surface area (TPSA) is 15.3 Å². The molecule has 2 nitrogen and oxygen atoms in total. The predicted octanol–water partition coefficient (Wildman–Crippen LogP) is 2.25. The van der Waals surface area contributed by atoms with E-state index in [1.54, 1.807) is 0 Å². The fourth-order valence-electron chi connectivity index (χ4n) is 3.23. The molecule has 2 heteroatoms. The Hall–Kier alpha value is -0.0800. The van der Waals surface area contributed by atoms with Crippen LogP contribution in [0.25, 0.3) is 0 Å². The number of nitrogens with zero attached hydrogens (tertiary/aromatic N) is 1. The zero-order valence-corrected chi connectivity index (χ0v) is 10.6. The van der Waals surface area contributed by atoms with Crippen LogP contribution >= 0.6 is 0 Å². The van der Waals surface area contributed by atoms with Crippen molar-refractivity contribution in [3.63, 3.8) is 0 Å². The van der Waals surface area contributed by atoms with Gasteiger partial charge < -0.3 is 5.32 Å². The van der Waals surface area contributed by atoms with Gasteiger partial charge in [-0.3, -0.25) is 4.90 Å². The molecule has 2 rings (SSSR count). The van der Waals surface area contributed by atoms with Crippen LogP contribution in [0.1, 0.15) is 46.5 Å². The van der Waals surface area contributed by atoms with Gasteiger partial charge in [-0.2, -0.15) is 0 Å². The highest BCUT2D eigenvalue weighted by Crippen LogP contribution is 2.28. The van der Waals surface area contributed by atoms with Gasteiger partial charge in [-0.05, 0) is 32.6 Å². The van der Waals surface area contributed by atoms with Crippen molar-refractivity contribution in [3.8, 4) is 0 Å². The molecule has 1 aliphatic carbocycles. The van der Waals surface area contributed by atoms with Crippen molar-refractivity contribution < 1.29 is 0 Å². The molecular weight excluding hydrogens is 184 g/mol. The minimum atomic E-state index is 0.318. The smallest absolute Gasteiger partial charge is 0.0252 e. The van der Waals surface area contributed by atoms with Crippen molar-refractivity contribution in [2.45, 2.75) is 58.0 Å². The van der Waals surface area contributed by atoms with Gasteiger partial charge in [-0.25, -0.2) is 0 Å². The minimum absolute atomic E-state index is 0.318. The van der Waals surface area contributed by atoms with Gasteiger partial charge in [0.2, 0.25) is 0 Å². The monoisotopic (exact) mass is 210 g/mol. The van der Waals surface area contributed by atoms with Crippen molar-refractivity contribution in [1.82, 2.24) is 10.2 Å². The summed E-state index contributed by atoms with van der Waals surface area (Å²) in [4.78, 5) is 2.73. The highest BCUT2D eigenvalue weighted by Gasteiger charge is 2.31. The average Bonchev–Trinajstić information content (AvgIpc) is 2.16. The summed E-state index contributed by atoms with van der Waals surface area (Å²) in [5.74, 6) is 0.946. The molecule has 0 radical (unpaired) electrons. The minimum Gasteiger partial charge on any atom is -0.309 e. The second-order valence-electron chi connectivity index (χ2n) is 6.21. The molecule has 0 aromatic carbocycles. The molecule has 15 heavy (non-hydrogen) atoms. The lowest BCUT2D eigenvalue weighted by Gasteiger charge is -2.45. The van der Waals surface area contributed by atoms with E-state index in [0.29, 0.717) is 5.54 Å². The van der Waals surface area contributed by atoms with Crippen LogP contribution in [0.4, 0.5) is 0 Å². The summed E-state index contributed by atoms with van der Waals surface area (Å²) in [6.45, 7) is 10.7. The summed E-state index contributed by atoms with van der Waals surface area (Å²) in [5, 5.41) is 3.60. The zero-order chi connectivity index (χ0) is 10.9. The fourth-order valence-corrected chi connectivity index (χ4v) is 3.23. The van der Waals surface area contributed by atoms with Gasteiger partial charge in [0.25, 0.3) is 0 Å². The highest BCUT2D eigenvalue weighted by atomic mass is 15.2. The number of nitrogens with one attached hydrogen (secondary N) is 1. The van der Waals surface area contributed by atoms with E-state index >= 15 is 0 Å². The van der Waals surface area contributed by atoms with Gasteiger partial charge in [0.15, 0.2) is 0 Å². The maximum atomic E-state index is 3.60. The molecule has 1 N–H and O–H groups in total. The normalized spacial score (nSPS) is 37.8. The van der Waals surface area contributed by atoms with Gasteiger partial charge in [0, 0.05) is 31.2 Å². The van der Waals surface area contributed by atoms with E-state index in [4.69, 9.17) is 0 Å². The Morgan fingerprint density at radius 1 is 1.27 bits per heavy atom. The molecule has 1 saturated heterocycles. The van der Waals surface area contributed by atoms with Crippen molar-refractivity contribution in [2.75, 3.05) is 19.6 Å². The summed E-state index contributed by atoms with van der Waals surface area (Å²) in [6, 6.07) is 0.870. The quantitative estimate of drug-likeness (QED) is 0.714. The number of piperazine rings is 1. The zero-order valence-electron chi connectivity index (χ0n) is 10.6. The Balaban J connectivity index is 1.92. The molecule has 88 valence electrons. The highest BCUT2D eigenvalue weighted by molar-refractivity contribution is 4.90. The van der Waals surface area contributed by atoms with E-state index < -0.39 is 0 Å². The van der Waals surface area contributed by atoms with Crippen LogP contribution in [0.2, 0.25) is 0 Å². The van der Waals surface area contributed by atoms with Crippen LogP contribution in [0.5, 0.6) is 0 Å². The third kappa shape index (κ3) is 2.94. The summed E-state index contributed by atoms with van der Waals surface area (Å²) < 4.78 is 0. The Morgan fingerprint density at radius 2 is 2.07 bits per heavy atom. The number of hydrogen-bond acceptors (Lipinski definition) is 2. The third-order valence-electron chi connectivity index (χ3n) is 4.03. The molecule has 2 unspecified atom stereocenters. The first-order valence-corrected chi connectivity index (χ1v) is 6.56. The summed E-state index contributed by atoms with van der Waals surface area (Å²) in [5.41, 5.74) is 0.318. The maximum absolute atomic E-state index is 3.60. The first-order chi connectivity index (χ1) is 7.07. The lowest BCUT2D eigenvalue weighted by atomic mass is 9.85. The molecule has 2 aliphatic rings. The van der Waals surface area contributed by atoms with Gasteiger partial charge in [-0.15, -0.1) is 0 Å². The van der Waals surface area contributed by atoms with E-state index in [1.165, 1.54) is 38.8 Å². The molecule has 2 atom stereocenters. The molecular formula is C13H26N2. The summed E-state index contributed by atoms with van der Waals surface area (Å²) in [6.07, 6.45) is 5.75. The Kier molecular flexibility index (Phi) is 3.36. The Labute approximate surface area is 94.4 Å². The van der Waals surface area contributed by atoms with Gasteiger partial charge >= 0.3 is 0 Å². The van der Waals surface area contributed by atoms with E-state index in [0.717, 1.165) is 18.5 Å². The van der Waals surface area contributed by atoms with E-state index in [2.05, 4.69) is 31.0 Å². The molecule has 1 heterocycles. The third-order valence-corrected chi connectivity index (χ3v) is 4.03. The lowest BCUT2D eigenvalue weighted by Crippen LogP contribution is -2.59. The number of hydrogen-bond donors (Lipinski definition) is 1. The van der Waals surface area contributed by atoms with Crippen LogP contribution in [-0.4, -0.2) is 36.1 Å². The Morgan fingerprint density at radius 3 is 2.73 bits per heavy atom. The molecule has 0 aromatic heterocycles. The van der Waals surface area contributed by atoms with Crippen molar-refractivity contribution in [1.29, 1.82) is 0 Å².